The number of ether oxygens (including phenoxy) is 2. The fraction of sp³-hybridized carbons (Fsp3) is 0.0833. The minimum Gasteiger partial charge on any atom is -0.465 e. The highest BCUT2D eigenvalue weighted by molar-refractivity contribution is 7.13. The van der Waals surface area contributed by atoms with E-state index < -0.39 is 0 Å². The zero-order chi connectivity index (χ0) is 21.0. The lowest BCUT2D eigenvalue weighted by atomic mass is 10.1. The molecule has 4 aromatic rings. The lowest BCUT2D eigenvalue weighted by Crippen LogP contribution is -2.20. The number of furan rings is 1. The van der Waals surface area contributed by atoms with Gasteiger partial charge in [0.25, 0.3) is 0 Å². The summed E-state index contributed by atoms with van der Waals surface area (Å²) in [5, 5.41) is 5.83. The van der Waals surface area contributed by atoms with Gasteiger partial charge in [0, 0.05) is 29.1 Å². The number of hydrogen-bond donors (Lipinski definition) is 1. The Kier molecular flexibility index (Phi) is 5.24. The topological polar surface area (TPSA) is 73.6 Å². The Morgan fingerprint density at radius 2 is 1.90 bits per heavy atom. The highest BCUT2D eigenvalue weighted by Crippen LogP contribution is 2.37. The van der Waals surface area contributed by atoms with Gasteiger partial charge in [-0.2, -0.15) is 0 Å². The third-order valence-electron chi connectivity index (χ3n) is 4.78. The quantitative estimate of drug-likeness (QED) is 0.430. The molecule has 6 nitrogen and oxygen atoms in total. The molecule has 3 heterocycles. The number of carbonyl (C=O) groups is 1. The molecular weight excluding hydrogens is 412 g/mol. The van der Waals surface area contributed by atoms with Crippen LogP contribution in [-0.2, 0) is 11.3 Å². The molecule has 0 unspecified atom stereocenters. The fourth-order valence-corrected chi connectivity index (χ4v) is 3.99. The van der Waals surface area contributed by atoms with Gasteiger partial charge in [-0.05, 0) is 42.0 Å². The van der Waals surface area contributed by atoms with E-state index in [2.05, 4.69) is 5.32 Å². The number of benzene rings is 2. The standard InChI is InChI=1S/C24H18N2O4S/c27-23(10-8-19-2-1-11-28-19)25-13-16-3-5-17(6-4-16)24-26-20(14-31-24)18-7-9-21-22(12-18)30-15-29-21/h1-12,14H,13,15H2,(H,25,27)/b10-8+. The predicted molar refractivity (Wildman–Crippen MR) is 119 cm³/mol. The van der Waals surface area contributed by atoms with E-state index in [1.807, 2.05) is 47.8 Å². The van der Waals surface area contributed by atoms with Crippen LogP contribution >= 0.6 is 11.3 Å². The van der Waals surface area contributed by atoms with Crippen molar-refractivity contribution in [1.82, 2.24) is 10.3 Å². The summed E-state index contributed by atoms with van der Waals surface area (Å²) in [5.41, 5.74) is 3.94. The van der Waals surface area contributed by atoms with Gasteiger partial charge in [-0.1, -0.05) is 24.3 Å². The molecule has 0 aliphatic carbocycles. The van der Waals surface area contributed by atoms with Gasteiger partial charge in [0.2, 0.25) is 12.7 Å². The van der Waals surface area contributed by atoms with E-state index >= 15 is 0 Å². The minimum atomic E-state index is -0.172. The lowest BCUT2D eigenvalue weighted by Gasteiger charge is -2.04. The maximum absolute atomic E-state index is 11.9. The molecule has 1 amide bonds. The molecule has 1 aliphatic heterocycles. The second-order valence-electron chi connectivity index (χ2n) is 6.87. The second kappa shape index (κ2) is 8.49. The van der Waals surface area contributed by atoms with Crippen LogP contribution in [0.3, 0.4) is 0 Å². The van der Waals surface area contributed by atoms with Crippen molar-refractivity contribution < 1.29 is 18.7 Å². The third-order valence-corrected chi connectivity index (χ3v) is 5.67. The Bertz CT molecular complexity index is 1230. The van der Waals surface area contributed by atoms with Crippen LogP contribution in [-0.4, -0.2) is 17.7 Å². The van der Waals surface area contributed by atoms with E-state index in [4.69, 9.17) is 18.9 Å². The number of nitrogens with zero attached hydrogens (tertiary/aromatic N) is 1. The maximum atomic E-state index is 11.9. The van der Waals surface area contributed by atoms with Crippen molar-refractivity contribution in [2.45, 2.75) is 6.54 Å². The van der Waals surface area contributed by atoms with Crippen LogP contribution in [0.15, 0.2) is 76.7 Å². The summed E-state index contributed by atoms with van der Waals surface area (Å²) in [6.45, 7) is 0.704. The first-order valence-electron chi connectivity index (χ1n) is 9.69. The number of amides is 1. The van der Waals surface area contributed by atoms with Crippen molar-refractivity contribution in [2.24, 2.45) is 0 Å². The van der Waals surface area contributed by atoms with E-state index in [9.17, 15) is 4.79 Å². The molecule has 0 atom stereocenters. The summed E-state index contributed by atoms with van der Waals surface area (Å²) in [4.78, 5) is 16.7. The normalized spacial score (nSPS) is 12.4. The molecule has 0 radical (unpaired) electrons. The van der Waals surface area contributed by atoms with E-state index in [-0.39, 0.29) is 12.7 Å². The summed E-state index contributed by atoms with van der Waals surface area (Å²) in [7, 11) is 0. The number of rotatable bonds is 6. The fourth-order valence-electron chi connectivity index (χ4n) is 3.15. The highest BCUT2D eigenvalue weighted by atomic mass is 32.1. The van der Waals surface area contributed by atoms with Crippen molar-refractivity contribution >= 4 is 23.3 Å². The maximum Gasteiger partial charge on any atom is 0.244 e. The summed E-state index contributed by atoms with van der Waals surface area (Å²) in [6, 6.07) is 17.4. The molecule has 1 aliphatic rings. The summed E-state index contributed by atoms with van der Waals surface area (Å²) < 4.78 is 16.0. The van der Waals surface area contributed by atoms with Crippen LogP contribution in [0.4, 0.5) is 0 Å². The molecule has 1 N–H and O–H groups in total. The molecule has 0 bridgehead atoms. The van der Waals surface area contributed by atoms with Gasteiger partial charge >= 0.3 is 0 Å². The molecule has 5 rings (SSSR count). The van der Waals surface area contributed by atoms with Crippen molar-refractivity contribution in [1.29, 1.82) is 0 Å². The van der Waals surface area contributed by atoms with Crippen LogP contribution in [0.5, 0.6) is 11.5 Å². The largest absolute Gasteiger partial charge is 0.465 e. The Hall–Kier alpha value is -3.84. The molecule has 2 aromatic heterocycles. The molecule has 2 aromatic carbocycles. The van der Waals surface area contributed by atoms with Crippen molar-refractivity contribution in [3.05, 3.63) is 83.6 Å². The van der Waals surface area contributed by atoms with Crippen LogP contribution in [0.2, 0.25) is 0 Å². The summed E-state index contributed by atoms with van der Waals surface area (Å²) >= 11 is 1.59. The molecular formula is C24H18N2O4S. The van der Waals surface area contributed by atoms with E-state index in [0.29, 0.717) is 12.3 Å². The average Bonchev–Trinajstić information content (AvgIpc) is 3.57. The van der Waals surface area contributed by atoms with Gasteiger partial charge in [0.15, 0.2) is 11.5 Å². The Morgan fingerprint density at radius 3 is 2.74 bits per heavy atom. The average molecular weight is 430 g/mol. The second-order valence-corrected chi connectivity index (χ2v) is 7.73. The van der Waals surface area contributed by atoms with Crippen molar-refractivity contribution in [3.8, 4) is 33.3 Å². The smallest absolute Gasteiger partial charge is 0.244 e. The van der Waals surface area contributed by atoms with E-state index in [1.165, 1.54) is 6.08 Å². The lowest BCUT2D eigenvalue weighted by molar-refractivity contribution is -0.116. The van der Waals surface area contributed by atoms with Crippen LogP contribution in [0.25, 0.3) is 27.9 Å². The van der Waals surface area contributed by atoms with Gasteiger partial charge in [0.05, 0.1) is 12.0 Å². The first kappa shape index (κ1) is 19.1. The molecule has 154 valence electrons. The van der Waals surface area contributed by atoms with Gasteiger partial charge in [-0.25, -0.2) is 4.98 Å². The number of hydrogen-bond acceptors (Lipinski definition) is 6. The number of nitrogens with one attached hydrogen (secondary N) is 1. The summed E-state index contributed by atoms with van der Waals surface area (Å²) in [5.74, 6) is 1.98. The zero-order valence-corrected chi connectivity index (χ0v) is 17.2. The Labute approximate surface area is 182 Å². The van der Waals surface area contributed by atoms with Crippen molar-refractivity contribution in [2.75, 3.05) is 6.79 Å². The SMILES string of the molecule is O=C(/C=C/c1ccco1)NCc1ccc(-c2nc(-c3ccc4c(c3)OCO4)cs2)cc1. The van der Waals surface area contributed by atoms with Crippen molar-refractivity contribution in [3.63, 3.8) is 0 Å². The molecule has 0 fully saturated rings. The Balaban J connectivity index is 1.22. The number of aromatic nitrogens is 1. The van der Waals surface area contributed by atoms with Crippen LogP contribution in [0.1, 0.15) is 11.3 Å². The number of carbonyl (C=O) groups excluding carboxylic acids is 1. The molecule has 31 heavy (non-hydrogen) atoms. The third kappa shape index (κ3) is 4.36. The minimum absolute atomic E-state index is 0.172. The van der Waals surface area contributed by atoms with E-state index in [0.717, 1.165) is 38.9 Å². The van der Waals surface area contributed by atoms with Crippen LogP contribution < -0.4 is 14.8 Å². The first-order valence-corrected chi connectivity index (χ1v) is 10.6. The summed E-state index contributed by atoms with van der Waals surface area (Å²) in [6.07, 6.45) is 4.67. The Morgan fingerprint density at radius 1 is 1.06 bits per heavy atom. The molecule has 0 saturated heterocycles. The number of thiazole rings is 1. The van der Waals surface area contributed by atoms with Gasteiger partial charge in [-0.15, -0.1) is 11.3 Å². The molecule has 0 spiro atoms. The van der Waals surface area contributed by atoms with E-state index in [1.54, 1.807) is 35.8 Å². The van der Waals surface area contributed by atoms with Gasteiger partial charge in [0.1, 0.15) is 10.8 Å². The highest BCUT2D eigenvalue weighted by Gasteiger charge is 2.15. The molecule has 0 saturated carbocycles. The van der Waals surface area contributed by atoms with Crippen LogP contribution in [0, 0.1) is 0 Å². The first-order chi connectivity index (χ1) is 15.2. The monoisotopic (exact) mass is 430 g/mol. The predicted octanol–water partition coefficient (Wildman–Crippen LogP) is 5.13. The number of fused-ring (bicyclic) bond motifs is 1. The zero-order valence-electron chi connectivity index (χ0n) is 16.4. The van der Waals surface area contributed by atoms with Gasteiger partial charge < -0.3 is 19.2 Å². The van der Waals surface area contributed by atoms with Gasteiger partial charge in [-0.3, -0.25) is 4.79 Å². The molecule has 7 heteroatoms.